The zero-order valence-electron chi connectivity index (χ0n) is 18.2. The van der Waals surface area contributed by atoms with Crippen LogP contribution in [0.3, 0.4) is 0 Å². The van der Waals surface area contributed by atoms with E-state index in [1.54, 1.807) is 0 Å². The summed E-state index contributed by atoms with van der Waals surface area (Å²) >= 11 is 0. The zero-order chi connectivity index (χ0) is 23.2. The van der Waals surface area contributed by atoms with Crippen LogP contribution in [-0.2, 0) is 16.2 Å². The third kappa shape index (κ3) is 6.84. The van der Waals surface area contributed by atoms with Crippen molar-refractivity contribution in [1.82, 2.24) is 14.9 Å². The summed E-state index contributed by atoms with van der Waals surface area (Å²) in [7, 11) is -3.89. The molecule has 10 heteroatoms. The molecular weight excluding hydrogens is 443 g/mol. The summed E-state index contributed by atoms with van der Waals surface area (Å²) in [4.78, 5) is 12.2. The minimum Gasteiger partial charge on any atom is -0.338 e. The van der Waals surface area contributed by atoms with E-state index in [2.05, 4.69) is 10.6 Å². The van der Waals surface area contributed by atoms with Gasteiger partial charge in [-0.25, -0.2) is 13.2 Å². The molecule has 1 saturated heterocycles. The van der Waals surface area contributed by atoms with Gasteiger partial charge < -0.3 is 10.6 Å². The predicted molar refractivity (Wildman–Crippen MR) is 116 cm³/mol. The highest BCUT2D eigenvalue weighted by atomic mass is 32.2. The number of carbonyl (C=O) groups is 1. The quantitative estimate of drug-likeness (QED) is 0.657. The van der Waals surface area contributed by atoms with Gasteiger partial charge in [0.25, 0.3) is 0 Å². The van der Waals surface area contributed by atoms with Crippen LogP contribution in [0, 0.1) is 5.92 Å². The number of rotatable bonds is 5. The van der Waals surface area contributed by atoms with Crippen LogP contribution in [0.15, 0.2) is 29.2 Å². The second-order valence-corrected chi connectivity index (χ2v) is 10.7. The van der Waals surface area contributed by atoms with Crippen molar-refractivity contribution >= 4 is 16.1 Å². The van der Waals surface area contributed by atoms with Crippen molar-refractivity contribution in [3.63, 3.8) is 0 Å². The number of urea groups is 1. The molecule has 1 aliphatic carbocycles. The van der Waals surface area contributed by atoms with Gasteiger partial charge in [0.1, 0.15) is 0 Å². The Labute approximate surface area is 188 Å². The summed E-state index contributed by atoms with van der Waals surface area (Å²) in [5, 5.41) is 5.91. The first-order chi connectivity index (χ1) is 15.2. The molecule has 1 atom stereocenters. The van der Waals surface area contributed by atoms with E-state index in [4.69, 9.17) is 0 Å². The number of nitrogens with zero attached hydrogens (tertiary/aromatic N) is 1. The van der Waals surface area contributed by atoms with Gasteiger partial charge in [0.15, 0.2) is 0 Å². The van der Waals surface area contributed by atoms with E-state index in [-0.39, 0.29) is 29.4 Å². The molecule has 0 bridgehead atoms. The normalized spacial score (nSPS) is 22.0. The lowest BCUT2D eigenvalue weighted by Gasteiger charge is -2.32. The smallest absolute Gasteiger partial charge is 0.338 e. The largest absolute Gasteiger partial charge is 0.416 e. The van der Waals surface area contributed by atoms with E-state index >= 15 is 0 Å². The van der Waals surface area contributed by atoms with Gasteiger partial charge in [-0.05, 0) is 55.9 Å². The summed E-state index contributed by atoms with van der Waals surface area (Å²) in [5.41, 5.74) is -0.882. The first kappa shape index (κ1) is 24.8. The Hall–Kier alpha value is -1.81. The number of halogens is 3. The Morgan fingerprint density at radius 3 is 2.22 bits per heavy atom. The van der Waals surface area contributed by atoms with Crippen LogP contribution in [0.2, 0.25) is 0 Å². The number of piperidine rings is 1. The topological polar surface area (TPSA) is 78.5 Å². The Balaban J connectivity index is 1.52. The van der Waals surface area contributed by atoms with Crippen LogP contribution in [-0.4, -0.2) is 44.4 Å². The molecule has 180 valence electrons. The highest BCUT2D eigenvalue weighted by molar-refractivity contribution is 7.89. The summed E-state index contributed by atoms with van der Waals surface area (Å²) in [6.07, 6.45) is 4.75. The molecule has 2 fully saturated rings. The van der Waals surface area contributed by atoms with Gasteiger partial charge in [-0.15, -0.1) is 0 Å². The third-order valence-electron chi connectivity index (χ3n) is 6.29. The first-order valence-electron chi connectivity index (χ1n) is 11.4. The maximum absolute atomic E-state index is 12.9. The molecule has 1 aromatic rings. The molecule has 0 radical (unpaired) electrons. The van der Waals surface area contributed by atoms with Crippen LogP contribution in [0.1, 0.15) is 63.4 Å². The Bertz CT molecular complexity index is 851. The van der Waals surface area contributed by atoms with E-state index in [9.17, 15) is 26.4 Å². The molecule has 6 nitrogen and oxygen atoms in total. The minimum absolute atomic E-state index is 0.0453. The first-order valence-corrected chi connectivity index (χ1v) is 12.8. The van der Waals surface area contributed by atoms with E-state index in [0.29, 0.717) is 19.5 Å². The van der Waals surface area contributed by atoms with Crippen molar-refractivity contribution < 1.29 is 26.4 Å². The maximum atomic E-state index is 12.9. The van der Waals surface area contributed by atoms with Crippen LogP contribution in [0.5, 0.6) is 0 Å². The predicted octanol–water partition coefficient (Wildman–Crippen LogP) is 4.52. The molecule has 1 aromatic carbocycles. The molecule has 2 N–H and O–H groups in total. The Morgan fingerprint density at radius 2 is 1.59 bits per heavy atom. The summed E-state index contributed by atoms with van der Waals surface area (Å²) < 4.78 is 65.4. The molecule has 1 unspecified atom stereocenters. The molecule has 2 aliphatic rings. The van der Waals surface area contributed by atoms with Crippen molar-refractivity contribution in [3.8, 4) is 0 Å². The second-order valence-electron chi connectivity index (χ2n) is 8.79. The lowest BCUT2D eigenvalue weighted by Crippen LogP contribution is -2.47. The number of hydrogen-bond acceptors (Lipinski definition) is 3. The number of nitrogens with one attached hydrogen (secondary N) is 2. The van der Waals surface area contributed by atoms with Gasteiger partial charge in [-0.2, -0.15) is 17.5 Å². The average molecular weight is 476 g/mol. The molecule has 32 heavy (non-hydrogen) atoms. The van der Waals surface area contributed by atoms with Gasteiger partial charge in [-0.1, -0.05) is 32.1 Å². The number of amides is 2. The second kappa shape index (κ2) is 10.9. The number of sulfonamides is 1. The lowest BCUT2D eigenvalue weighted by atomic mass is 9.97. The monoisotopic (exact) mass is 475 g/mol. The standard InChI is InChI=1S/C22H32F3N3O3S/c23-22(24,25)18-10-12-20(13-11-18)32(30,31)28-14-6-7-17(16-28)15-26-21(29)27-19-8-4-2-1-3-5-9-19/h10-13,17,19H,1-9,14-16H2,(H2,26,27,29). The van der Waals surface area contributed by atoms with Crippen molar-refractivity contribution in [3.05, 3.63) is 29.8 Å². The molecule has 1 heterocycles. The fourth-order valence-electron chi connectivity index (χ4n) is 4.45. The number of carbonyl (C=O) groups excluding carboxylic acids is 1. The molecule has 1 saturated carbocycles. The molecule has 3 rings (SSSR count). The van der Waals surface area contributed by atoms with Crippen LogP contribution in [0.25, 0.3) is 0 Å². The fourth-order valence-corrected chi connectivity index (χ4v) is 6.01. The van der Waals surface area contributed by atoms with E-state index < -0.39 is 21.8 Å². The summed E-state index contributed by atoms with van der Waals surface area (Å²) in [5.74, 6) is -0.0453. The van der Waals surface area contributed by atoms with Gasteiger partial charge in [-0.3, -0.25) is 0 Å². The van der Waals surface area contributed by atoms with Crippen molar-refractivity contribution in [2.45, 2.75) is 74.9 Å². The van der Waals surface area contributed by atoms with Crippen LogP contribution >= 0.6 is 0 Å². The molecular formula is C22H32F3N3O3S. The van der Waals surface area contributed by atoms with Crippen LogP contribution < -0.4 is 10.6 Å². The summed E-state index contributed by atoms with van der Waals surface area (Å²) in [6, 6.07) is 3.53. The number of benzene rings is 1. The van der Waals surface area contributed by atoms with Crippen LogP contribution in [0.4, 0.5) is 18.0 Å². The Morgan fingerprint density at radius 1 is 0.969 bits per heavy atom. The number of hydrogen-bond donors (Lipinski definition) is 2. The third-order valence-corrected chi connectivity index (χ3v) is 8.17. The maximum Gasteiger partial charge on any atom is 0.416 e. The lowest BCUT2D eigenvalue weighted by molar-refractivity contribution is -0.137. The van der Waals surface area contributed by atoms with Crippen molar-refractivity contribution in [2.75, 3.05) is 19.6 Å². The van der Waals surface area contributed by atoms with Gasteiger partial charge in [0.05, 0.1) is 10.5 Å². The number of alkyl halides is 3. The van der Waals surface area contributed by atoms with Gasteiger partial charge in [0, 0.05) is 25.7 Å². The molecule has 0 aromatic heterocycles. The summed E-state index contributed by atoms with van der Waals surface area (Å²) in [6.45, 7) is 0.902. The molecule has 0 spiro atoms. The highest BCUT2D eigenvalue weighted by Crippen LogP contribution is 2.31. The molecule has 1 aliphatic heterocycles. The van der Waals surface area contributed by atoms with E-state index in [1.165, 1.54) is 23.6 Å². The van der Waals surface area contributed by atoms with E-state index in [0.717, 1.165) is 56.4 Å². The molecule has 2 amide bonds. The average Bonchev–Trinajstić information content (AvgIpc) is 2.74. The Kier molecular flexibility index (Phi) is 8.43. The van der Waals surface area contributed by atoms with Crippen molar-refractivity contribution in [1.29, 1.82) is 0 Å². The van der Waals surface area contributed by atoms with Gasteiger partial charge in [0.2, 0.25) is 10.0 Å². The highest BCUT2D eigenvalue weighted by Gasteiger charge is 2.33. The SMILES string of the molecule is O=C(NCC1CCCN(S(=O)(=O)c2ccc(C(F)(F)F)cc2)C1)NC1CCCCCCC1. The van der Waals surface area contributed by atoms with Crippen molar-refractivity contribution in [2.24, 2.45) is 5.92 Å². The van der Waals surface area contributed by atoms with Gasteiger partial charge >= 0.3 is 12.2 Å². The van der Waals surface area contributed by atoms with E-state index in [1.807, 2.05) is 0 Å². The zero-order valence-corrected chi connectivity index (χ0v) is 19.0. The fraction of sp³-hybridized carbons (Fsp3) is 0.682. The minimum atomic E-state index is -4.51.